The van der Waals surface area contributed by atoms with Crippen LogP contribution in [0.15, 0.2) is 30.3 Å². The van der Waals surface area contributed by atoms with E-state index in [0.29, 0.717) is 5.69 Å². The van der Waals surface area contributed by atoms with Crippen LogP contribution in [0.2, 0.25) is 0 Å². The van der Waals surface area contributed by atoms with Crippen molar-refractivity contribution in [1.82, 2.24) is 4.98 Å². The van der Waals surface area contributed by atoms with Gasteiger partial charge in [-0.3, -0.25) is 4.98 Å². The van der Waals surface area contributed by atoms with E-state index in [9.17, 15) is 4.39 Å². The van der Waals surface area contributed by atoms with Gasteiger partial charge in [-0.15, -0.1) is 0 Å². The highest BCUT2D eigenvalue weighted by Crippen LogP contribution is 2.24. The van der Waals surface area contributed by atoms with Gasteiger partial charge in [-0.05, 0) is 38.1 Å². The van der Waals surface area contributed by atoms with Gasteiger partial charge in [-0.25, -0.2) is 4.39 Å². The number of anilines is 2. The molecule has 18 heavy (non-hydrogen) atoms. The summed E-state index contributed by atoms with van der Waals surface area (Å²) >= 11 is 0. The van der Waals surface area contributed by atoms with E-state index >= 15 is 0 Å². The lowest BCUT2D eigenvalue weighted by atomic mass is 10.1. The number of hydrogen-bond acceptors (Lipinski definition) is 3. The summed E-state index contributed by atoms with van der Waals surface area (Å²) < 4.78 is 13.4. The monoisotopic (exact) mass is 241 g/mol. The molecular formula is C14H12FN3. The second-order valence-electron chi connectivity index (χ2n) is 3.98. The van der Waals surface area contributed by atoms with E-state index in [-0.39, 0.29) is 5.56 Å². The molecule has 0 fully saturated rings. The molecule has 0 saturated heterocycles. The zero-order chi connectivity index (χ0) is 13.1. The Labute approximate surface area is 105 Å². The van der Waals surface area contributed by atoms with Gasteiger partial charge in [0.1, 0.15) is 17.4 Å². The Bertz CT molecular complexity index is 629. The molecule has 2 aromatic rings. The average molecular weight is 241 g/mol. The van der Waals surface area contributed by atoms with E-state index < -0.39 is 5.82 Å². The number of nitriles is 1. The van der Waals surface area contributed by atoms with Gasteiger partial charge in [0.2, 0.25) is 0 Å². The van der Waals surface area contributed by atoms with Crippen molar-refractivity contribution in [3.8, 4) is 6.07 Å². The largest absolute Gasteiger partial charge is 0.353 e. The fraction of sp³-hybridized carbons (Fsp3) is 0.143. The molecule has 1 N–H and O–H groups in total. The summed E-state index contributed by atoms with van der Waals surface area (Å²) in [5.41, 5.74) is 2.95. The first-order valence-electron chi connectivity index (χ1n) is 5.51. The van der Waals surface area contributed by atoms with Crippen molar-refractivity contribution in [3.05, 3.63) is 53.1 Å². The molecule has 3 nitrogen and oxygen atoms in total. The molecule has 90 valence electrons. The third kappa shape index (κ3) is 2.30. The van der Waals surface area contributed by atoms with Crippen LogP contribution in [0.5, 0.6) is 0 Å². The molecule has 2 rings (SSSR count). The van der Waals surface area contributed by atoms with Crippen molar-refractivity contribution in [2.24, 2.45) is 0 Å². The maximum Gasteiger partial charge on any atom is 0.143 e. The summed E-state index contributed by atoms with van der Waals surface area (Å²) in [5.74, 6) is -0.528. The molecule has 1 aromatic heterocycles. The van der Waals surface area contributed by atoms with Crippen molar-refractivity contribution >= 4 is 11.4 Å². The standard InChI is InChI=1S/C14H12FN3/c1-9-6-7-13(10(2)17-9)18-14-5-3-4-12(15)11(14)8-16/h3-7,18H,1-2H3. The predicted molar refractivity (Wildman–Crippen MR) is 68.1 cm³/mol. The number of benzene rings is 1. The maximum absolute atomic E-state index is 13.4. The highest BCUT2D eigenvalue weighted by molar-refractivity contribution is 5.67. The van der Waals surface area contributed by atoms with Crippen LogP contribution in [0.1, 0.15) is 17.0 Å². The van der Waals surface area contributed by atoms with E-state index in [4.69, 9.17) is 5.26 Å². The molecule has 0 radical (unpaired) electrons. The van der Waals surface area contributed by atoms with Crippen LogP contribution in [0.25, 0.3) is 0 Å². The normalized spacial score (nSPS) is 9.89. The van der Waals surface area contributed by atoms with E-state index in [1.165, 1.54) is 6.07 Å². The first-order valence-corrected chi connectivity index (χ1v) is 5.51. The SMILES string of the molecule is Cc1ccc(Nc2cccc(F)c2C#N)c(C)n1. The minimum absolute atomic E-state index is 0.0116. The molecule has 4 heteroatoms. The van der Waals surface area contributed by atoms with Gasteiger partial charge in [0.15, 0.2) is 0 Å². The van der Waals surface area contributed by atoms with Gasteiger partial charge in [0.25, 0.3) is 0 Å². The van der Waals surface area contributed by atoms with Crippen LogP contribution in [0, 0.1) is 31.0 Å². The minimum Gasteiger partial charge on any atom is -0.353 e. The molecule has 0 aliphatic rings. The lowest BCUT2D eigenvalue weighted by Gasteiger charge is -2.11. The molecule has 0 unspecified atom stereocenters. The fourth-order valence-corrected chi connectivity index (χ4v) is 1.71. The van der Waals surface area contributed by atoms with Gasteiger partial charge in [-0.2, -0.15) is 5.26 Å². The van der Waals surface area contributed by atoms with Gasteiger partial charge in [-0.1, -0.05) is 6.07 Å². The third-order valence-electron chi connectivity index (χ3n) is 2.62. The van der Waals surface area contributed by atoms with Crippen molar-refractivity contribution < 1.29 is 4.39 Å². The molecule has 0 amide bonds. The summed E-state index contributed by atoms with van der Waals surface area (Å²) in [6.45, 7) is 3.76. The number of pyridine rings is 1. The van der Waals surface area contributed by atoms with Crippen LogP contribution >= 0.6 is 0 Å². The minimum atomic E-state index is -0.528. The van der Waals surface area contributed by atoms with Gasteiger partial charge in [0, 0.05) is 5.69 Å². The van der Waals surface area contributed by atoms with E-state index in [1.54, 1.807) is 12.1 Å². The summed E-state index contributed by atoms with van der Waals surface area (Å²) in [6.07, 6.45) is 0. The van der Waals surface area contributed by atoms with Crippen molar-refractivity contribution in [3.63, 3.8) is 0 Å². The van der Waals surface area contributed by atoms with Crippen LogP contribution in [0.4, 0.5) is 15.8 Å². The first kappa shape index (κ1) is 12.1. The molecule has 0 atom stereocenters. The Hall–Kier alpha value is -2.41. The van der Waals surface area contributed by atoms with Gasteiger partial charge >= 0.3 is 0 Å². The van der Waals surface area contributed by atoms with Gasteiger partial charge < -0.3 is 5.32 Å². The van der Waals surface area contributed by atoms with E-state index in [0.717, 1.165) is 17.1 Å². The Balaban J connectivity index is 2.41. The fourth-order valence-electron chi connectivity index (χ4n) is 1.71. The van der Waals surface area contributed by atoms with Crippen molar-refractivity contribution in [1.29, 1.82) is 5.26 Å². The summed E-state index contributed by atoms with van der Waals surface area (Å²) in [4.78, 5) is 4.31. The molecule has 0 bridgehead atoms. The first-order chi connectivity index (χ1) is 8.61. The number of hydrogen-bond donors (Lipinski definition) is 1. The molecule has 0 aliphatic heterocycles. The topological polar surface area (TPSA) is 48.7 Å². The number of halogens is 1. The van der Waals surface area contributed by atoms with Crippen LogP contribution in [-0.4, -0.2) is 4.98 Å². The Morgan fingerprint density at radius 1 is 1.17 bits per heavy atom. The molecule has 1 aromatic carbocycles. The molecular weight excluding hydrogens is 229 g/mol. The Morgan fingerprint density at radius 3 is 2.61 bits per heavy atom. The lowest BCUT2D eigenvalue weighted by Crippen LogP contribution is -1.99. The quantitative estimate of drug-likeness (QED) is 0.876. The molecule has 0 saturated carbocycles. The number of nitrogens with one attached hydrogen (secondary N) is 1. The zero-order valence-corrected chi connectivity index (χ0v) is 10.2. The molecule has 1 heterocycles. The number of rotatable bonds is 2. The zero-order valence-electron chi connectivity index (χ0n) is 10.2. The predicted octanol–water partition coefficient (Wildman–Crippen LogP) is 3.45. The average Bonchev–Trinajstić information content (AvgIpc) is 2.33. The van der Waals surface area contributed by atoms with Crippen molar-refractivity contribution in [2.75, 3.05) is 5.32 Å². The third-order valence-corrected chi connectivity index (χ3v) is 2.62. The highest BCUT2D eigenvalue weighted by atomic mass is 19.1. The van der Waals surface area contributed by atoms with E-state index in [2.05, 4.69) is 10.3 Å². The summed E-state index contributed by atoms with van der Waals surface area (Å²) in [7, 11) is 0. The van der Waals surface area contributed by atoms with Gasteiger partial charge in [0.05, 0.1) is 17.1 Å². The maximum atomic E-state index is 13.4. The van der Waals surface area contributed by atoms with Crippen LogP contribution in [-0.2, 0) is 0 Å². The second kappa shape index (κ2) is 4.84. The summed E-state index contributed by atoms with van der Waals surface area (Å²) in [6, 6.07) is 10.1. The van der Waals surface area contributed by atoms with Crippen LogP contribution < -0.4 is 5.32 Å². The Kier molecular flexibility index (Phi) is 3.24. The molecule has 0 spiro atoms. The highest BCUT2D eigenvalue weighted by Gasteiger charge is 2.09. The summed E-state index contributed by atoms with van der Waals surface area (Å²) in [5, 5.41) is 12.0. The lowest BCUT2D eigenvalue weighted by molar-refractivity contribution is 0.624. The number of nitrogens with zero attached hydrogens (tertiary/aromatic N) is 2. The Morgan fingerprint density at radius 2 is 1.94 bits per heavy atom. The number of aryl methyl sites for hydroxylation is 2. The smallest absolute Gasteiger partial charge is 0.143 e. The van der Waals surface area contributed by atoms with Crippen molar-refractivity contribution in [2.45, 2.75) is 13.8 Å². The number of aromatic nitrogens is 1. The van der Waals surface area contributed by atoms with Crippen LogP contribution in [0.3, 0.4) is 0 Å². The molecule has 0 aliphatic carbocycles. The second-order valence-corrected chi connectivity index (χ2v) is 3.98. The van der Waals surface area contributed by atoms with E-state index in [1.807, 2.05) is 32.0 Å².